The van der Waals surface area contributed by atoms with Gasteiger partial charge in [-0.2, -0.15) is 0 Å². The number of benzene rings is 9. The molecule has 2 heterocycles. The van der Waals surface area contributed by atoms with Gasteiger partial charge in [0.25, 0.3) is 0 Å². The number of para-hydroxylation sites is 2. The second-order valence-electron chi connectivity index (χ2n) is 15.5. The molecule has 0 amide bonds. The lowest BCUT2D eigenvalue weighted by atomic mass is 9.67. The topological polar surface area (TPSA) is 29.3 Å². The number of nitrogens with zero attached hydrogens (tertiary/aromatic N) is 2. The van der Waals surface area contributed by atoms with Gasteiger partial charge in [-0.05, 0) is 87.0 Å². The molecular formula is C56H36N2OS. The first-order valence-electron chi connectivity index (χ1n) is 20.4. The predicted octanol–water partition coefficient (Wildman–Crippen LogP) is 15.4. The highest BCUT2D eigenvalue weighted by atomic mass is 32.1. The van der Waals surface area contributed by atoms with Crippen molar-refractivity contribution in [2.45, 2.75) is 5.41 Å². The van der Waals surface area contributed by atoms with Crippen molar-refractivity contribution in [3.8, 4) is 32.8 Å². The van der Waals surface area contributed by atoms with Crippen molar-refractivity contribution in [1.82, 2.24) is 4.98 Å². The number of furan rings is 1. The van der Waals surface area contributed by atoms with E-state index in [0.29, 0.717) is 0 Å². The van der Waals surface area contributed by atoms with Crippen molar-refractivity contribution in [3.63, 3.8) is 0 Å². The van der Waals surface area contributed by atoms with Crippen LogP contribution in [0.25, 0.3) is 65.0 Å². The fourth-order valence-electron chi connectivity index (χ4n) is 9.52. The van der Waals surface area contributed by atoms with E-state index >= 15 is 0 Å². The molecule has 282 valence electrons. The van der Waals surface area contributed by atoms with Crippen LogP contribution >= 0.6 is 11.3 Å². The maximum absolute atomic E-state index is 6.77. The molecule has 0 spiro atoms. The lowest BCUT2D eigenvalue weighted by Crippen LogP contribution is -2.28. The summed E-state index contributed by atoms with van der Waals surface area (Å²) >= 11 is 1.73. The first-order chi connectivity index (χ1) is 29.7. The van der Waals surface area contributed by atoms with Crippen LogP contribution in [-0.2, 0) is 5.41 Å². The summed E-state index contributed by atoms with van der Waals surface area (Å²) in [4.78, 5) is 7.63. The smallest absolute Gasteiger partial charge is 0.159 e. The van der Waals surface area contributed by atoms with E-state index in [-0.39, 0.29) is 0 Å². The van der Waals surface area contributed by atoms with Crippen molar-refractivity contribution >= 4 is 60.6 Å². The lowest BCUT2D eigenvalue weighted by Gasteiger charge is -2.35. The number of thiazole rings is 1. The Morgan fingerprint density at radius 3 is 1.83 bits per heavy atom. The molecular weight excluding hydrogens is 749 g/mol. The molecule has 0 radical (unpaired) electrons. The quantitative estimate of drug-likeness (QED) is 0.161. The zero-order chi connectivity index (χ0) is 39.6. The fraction of sp³-hybridized carbons (Fsp3) is 0.0179. The van der Waals surface area contributed by atoms with Crippen LogP contribution in [0.4, 0.5) is 17.1 Å². The van der Waals surface area contributed by atoms with Crippen LogP contribution in [0.2, 0.25) is 0 Å². The maximum atomic E-state index is 6.77. The molecule has 0 bridgehead atoms. The average molecular weight is 785 g/mol. The van der Waals surface area contributed by atoms with Crippen molar-refractivity contribution in [2.24, 2.45) is 0 Å². The molecule has 0 aliphatic heterocycles. The molecule has 1 aliphatic carbocycles. The lowest BCUT2D eigenvalue weighted by molar-refractivity contribution is 0.669. The summed E-state index contributed by atoms with van der Waals surface area (Å²) in [5.74, 6) is 0. The van der Waals surface area contributed by atoms with Gasteiger partial charge < -0.3 is 9.32 Å². The summed E-state index contributed by atoms with van der Waals surface area (Å²) in [5.41, 5.74) is 16.2. The molecule has 0 N–H and O–H groups in total. The average Bonchev–Trinajstić information content (AvgIpc) is 4.01. The molecule has 0 unspecified atom stereocenters. The molecule has 3 nitrogen and oxygen atoms in total. The van der Waals surface area contributed by atoms with E-state index in [1.54, 1.807) is 11.3 Å². The Bertz CT molecular complexity index is 3330. The molecule has 0 saturated heterocycles. The molecule has 2 aromatic heterocycles. The SMILES string of the molecule is c1ccc(-c2ccc(-c3nc4cc(N(c5ccc6c(c5)C(c5ccccc5)(c5ccccc5)c5ccccc5-6)c5cccc6c5oc5ccccc56)ccc4s3)cc2)cc1. The number of hydrogen-bond acceptors (Lipinski definition) is 4. The van der Waals surface area contributed by atoms with Gasteiger partial charge in [0.15, 0.2) is 5.58 Å². The van der Waals surface area contributed by atoms with E-state index in [1.807, 2.05) is 6.07 Å². The summed E-state index contributed by atoms with van der Waals surface area (Å²) in [6.07, 6.45) is 0. The third kappa shape index (κ3) is 5.31. The highest BCUT2D eigenvalue weighted by molar-refractivity contribution is 7.21. The van der Waals surface area contributed by atoms with Gasteiger partial charge in [0.1, 0.15) is 10.6 Å². The first kappa shape index (κ1) is 34.5. The molecule has 0 saturated carbocycles. The van der Waals surface area contributed by atoms with Gasteiger partial charge in [0.2, 0.25) is 0 Å². The van der Waals surface area contributed by atoms with E-state index in [1.165, 1.54) is 44.5 Å². The third-order valence-electron chi connectivity index (χ3n) is 12.2. The van der Waals surface area contributed by atoms with E-state index < -0.39 is 5.41 Å². The fourth-order valence-corrected chi connectivity index (χ4v) is 10.5. The molecule has 4 heteroatoms. The molecule has 11 aromatic rings. The summed E-state index contributed by atoms with van der Waals surface area (Å²) < 4.78 is 7.90. The number of hydrogen-bond donors (Lipinski definition) is 0. The molecule has 0 fully saturated rings. The Morgan fingerprint density at radius 1 is 0.450 bits per heavy atom. The van der Waals surface area contributed by atoms with E-state index in [9.17, 15) is 0 Å². The van der Waals surface area contributed by atoms with Gasteiger partial charge in [-0.1, -0.05) is 176 Å². The van der Waals surface area contributed by atoms with Crippen molar-refractivity contribution in [3.05, 3.63) is 241 Å². The van der Waals surface area contributed by atoms with Gasteiger partial charge in [0.05, 0.1) is 21.3 Å². The Hall–Kier alpha value is -7.53. The Morgan fingerprint density at radius 2 is 1.05 bits per heavy atom. The molecule has 12 rings (SSSR count). The first-order valence-corrected chi connectivity index (χ1v) is 21.2. The van der Waals surface area contributed by atoms with E-state index in [4.69, 9.17) is 9.40 Å². The summed E-state index contributed by atoms with van der Waals surface area (Å²) in [5, 5.41) is 3.18. The van der Waals surface area contributed by atoms with Gasteiger partial charge >= 0.3 is 0 Å². The second kappa shape index (κ2) is 13.8. The summed E-state index contributed by atoms with van der Waals surface area (Å²) in [6.45, 7) is 0. The Labute approximate surface area is 352 Å². The Balaban J connectivity index is 1.07. The standard InChI is InChI=1S/C56H36N2OS/c1-4-15-37(16-5-1)38-27-29-39(30-28-38)55-57-50-36-43(32-34-53(50)60-55)58(51-25-14-23-47-46-22-11-13-26-52(46)59-54(47)51)42-31-33-45-44-21-10-12-24-48(44)56(49(45)35-42,40-17-6-2-7-18-40)41-19-8-3-9-20-41/h1-36H. The highest BCUT2D eigenvalue weighted by Gasteiger charge is 2.46. The zero-order valence-electron chi connectivity index (χ0n) is 32.5. The largest absolute Gasteiger partial charge is 0.454 e. The van der Waals surface area contributed by atoms with Crippen LogP contribution in [0.15, 0.2) is 223 Å². The van der Waals surface area contributed by atoms with Crippen LogP contribution in [0.1, 0.15) is 22.3 Å². The number of aromatic nitrogens is 1. The molecule has 60 heavy (non-hydrogen) atoms. The van der Waals surface area contributed by atoms with Crippen molar-refractivity contribution < 1.29 is 4.42 Å². The van der Waals surface area contributed by atoms with Gasteiger partial charge in [-0.3, -0.25) is 0 Å². The zero-order valence-corrected chi connectivity index (χ0v) is 33.3. The number of rotatable bonds is 7. The minimum atomic E-state index is -0.536. The van der Waals surface area contributed by atoms with Gasteiger partial charge in [0, 0.05) is 27.7 Å². The van der Waals surface area contributed by atoms with E-state index in [2.05, 4.69) is 217 Å². The van der Waals surface area contributed by atoms with E-state index in [0.717, 1.165) is 59.8 Å². The minimum absolute atomic E-state index is 0.536. The normalized spacial score (nSPS) is 12.8. The second-order valence-corrected chi connectivity index (χ2v) is 16.5. The van der Waals surface area contributed by atoms with Crippen LogP contribution in [-0.4, -0.2) is 4.98 Å². The molecule has 9 aromatic carbocycles. The van der Waals surface area contributed by atoms with Crippen molar-refractivity contribution in [2.75, 3.05) is 4.90 Å². The maximum Gasteiger partial charge on any atom is 0.159 e. The minimum Gasteiger partial charge on any atom is -0.454 e. The monoisotopic (exact) mass is 784 g/mol. The predicted molar refractivity (Wildman–Crippen MR) is 250 cm³/mol. The van der Waals surface area contributed by atoms with Crippen molar-refractivity contribution in [1.29, 1.82) is 0 Å². The summed E-state index contributed by atoms with van der Waals surface area (Å²) in [7, 11) is 0. The van der Waals surface area contributed by atoms with Crippen LogP contribution in [0.5, 0.6) is 0 Å². The third-order valence-corrected chi connectivity index (χ3v) is 13.3. The summed E-state index contributed by atoms with van der Waals surface area (Å²) in [6, 6.07) is 78.7. The highest BCUT2D eigenvalue weighted by Crippen LogP contribution is 2.57. The number of fused-ring (bicyclic) bond motifs is 7. The van der Waals surface area contributed by atoms with Crippen LogP contribution < -0.4 is 4.90 Å². The van der Waals surface area contributed by atoms with Crippen LogP contribution in [0.3, 0.4) is 0 Å². The van der Waals surface area contributed by atoms with Gasteiger partial charge in [-0.15, -0.1) is 11.3 Å². The van der Waals surface area contributed by atoms with Crippen LogP contribution in [0, 0.1) is 0 Å². The molecule has 0 atom stereocenters. The van der Waals surface area contributed by atoms with Gasteiger partial charge in [-0.25, -0.2) is 4.98 Å². The molecule has 1 aliphatic rings. The Kier molecular flexibility index (Phi) is 7.94. The number of anilines is 3.